The highest BCUT2D eigenvalue weighted by Gasteiger charge is 2.17. The third kappa shape index (κ3) is 14.5. The standard InChI is InChI=1S/C16H35N3O3S/c1-6-7-8-9-16(2,3)14-19-15(17-4)18-10-11-22-12-13-23(5,20)21/h6-14H2,1-5H3,(H2,17,18,19). The summed E-state index contributed by atoms with van der Waals surface area (Å²) in [6.45, 7) is 8.89. The minimum atomic E-state index is -2.95. The van der Waals surface area contributed by atoms with Gasteiger partial charge in [-0.25, -0.2) is 8.42 Å². The normalized spacial score (nSPS) is 13.2. The lowest BCUT2D eigenvalue weighted by atomic mass is 9.87. The van der Waals surface area contributed by atoms with E-state index in [2.05, 4.69) is 36.4 Å². The Hall–Kier alpha value is -0.820. The average molecular weight is 350 g/mol. The molecule has 0 aliphatic carbocycles. The molecule has 0 bridgehead atoms. The molecule has 0 saturated heterocycles. The van der Waals surface area contributed by atoms with Gasteiger partial charge < -0.3 is 15.4 Å². The third-order valence-corrected chi connectivity index (χ3v) is 4.46. The quantitative estimate of drug-likeness (QED) is 0.319. The number of hydrogen-bond donors (Lipinski definition) is 2. The van der Waals surface area contributed by atoms with E-state index in [1.165, 1.54) is 31.9 Å². The van der Waals surface area contributed by atoms with E-state index in [0.29, 0.717) is 13.2 Å². The van der Waals surface area contributed by atoms with E-state index in [4.69, 9.17) is 4.74 Å². The largest absolute Gasteiger partial charge is 0.379 e. The van der Waals surface area contributed by atoms with E-state index in [1.807, 2.05) is 0 Å². The highest BCUT2D eigenvalue weighted by atomic mass is 32.2. The van der Waals surface area contributed by atoms with Crippen LogP contribution < -0.4 is 10.6 Å². The van der Waals surface area contributed by atoms with E-state index < -0.39 is 9.84 Å². The summed E-state index contributed by atoms with van der Waals surface area (Å²) in [5, 5.41) is 6.51. The van der Waals surface area contributed by atoms with Crippen LogP contribution in [0.2, 0.25) is 0 Å². The topological polar surface area (TPSA) is 79.8 Å². The summed E-state index contributed by atoms with van der Waals surface area (Å²) in [5.41, 5.74) is 0.235. The van der Waals surface area contributed by atoms with Crippen molar-refractivity contribution in [3.05, 3.63) is 0 Å². The first-order chi connectivity index (χ1) is 10.7. The highest BCUT2D eigenvalue weighted by molar-refractivity contribution is 7.90. The van der Waals surface area contributed by atoms with Gasteiger partial charge in [0.25, 0.3) is 0 Å². The Labute approximate surface area is 142 Å². The average Bonchev–Trinajstić information content (AvgIpc) is 2.44. The monoisotopic (exact) mass is 349 g/mol. The summed E-state index contributed by atoms with van der Waals surface area (Å²) in [5.74, 6) is 0.812. The van der Waals surface area contributed by atoms with Gasteiger partial charge in [-0.15, -0.1) is 0 Å². The minimum absolute atomic E-state index is 0.0614. The molecule has 23 heavy (non-hydrogen) atoms. The number of nitrogens with one attached hydrogen (secondary N) is 2. The molecule has 0 aromatic rings. The van der Waals surface area contributed by atoms with Gasteiger partial charge in [0.15, 0.2) is 5.96 Å². The molecule has 0 saturated carbocycles. The Kier molecular flexibility index (Phi) is 11.3. The fourth-order valence-electron chi connectivity index (χ4n) is 2.04. The second-order valence-electron chi connectivity index (χ2n) is 6.72. The van der Waals surface area contributed by atoms with Crippen molar-refractivity contribution in [2.24, 2.45) is 10.4 Å². The molecule has 6 nitrogen and oxygen atoms in total. The number of ether oxygens (including phenoxy) is 1. The Morgan fingerprint density at radius 1 is 1.17 bits per heavy atom. The molecule has 0 spiro atoms. The van der Waals surface area contributed by atoms with E-state index in [1.54, 1.807) is 7.05 Å². The molecular weight excluding hydrogens is 314 g/mol. The molecule has 0 atom stereocenters. The van der Waals surface area contributed by atoms with Crippen molar-refractivity contribution in [2.45, 2.75) is 46.5 Å². The van der Waals surface area contributed by atoms with Crippen LogP contribution in [0.5, 0.6) is 0 Å². The summed E-state index contributed by atoms with van der Waals surface area (Å²) >= 11 is 0. The van der Waals surface area contributed by atoms with Crippen LogP contribution in [0.15, 0.2) is 4.99 Å². The van der Waals surface area contributed by atoms with Crippen LogP contribution in [-0.2, 0) is 14.6 Å². The molecule has 0 fully saturated rings. The van der Waals surface area contributed by atoms with Gasteiger partial charge in [0.05, 0.1) is 19.0 Å². The van der Waals surface area contributed by atoms with Gasteiger partial charge in [-0.3, -0.25) is 4.99 Å². The number of guanidine groups is 1. The van der Waals surface area contributed by atoms with Crippen molar-refractivity contribution in [1.29, 1.82) is 0 Å². The SMILES string of the molecule is CCCCCC(C)(C)CNC(=NC)NCCOCCS(C)(=O)=O. The van der Waals surface area contributed by atoms with Crippen LogP contribution in [0.25, 0.3) is 0 Å². The maximum Gasteiger partial charge on any atom is 0.191 e. The van der Waals surface area contributed by atoms with Gasteiger partial charge in [0.2, 0.25) is 0 Å². The first-order valence-corrected chi connectivity index (χ1v) is 10.5. The minimum Gasteiger partial charge on any atom is -0.379 e. The number of aliphatic imine (C=N–C) groups is 1. The van der Waals surface area contributed by atoms with Crippen molar-refractivity contribution in [3.8, 4) is 0 Å². The van der Waals surface area contributed by atoms with Gasteiger partial charge in [0, 0.05) is 26.4 Å². The van der Waals surface area contributed by atoms with E-state index >= 15 is 0 Å². The lowest BCUT2D eigenvalue weighted by Crippen LogP contribution is -2.43. The number of unbranched alkanes of at least 4 members (excludes halogenated alkanes) is 2. The first-order valence-electron chi connectivity index (χ1n) is 8.40. The third-order valence-electron chi connectivity index (χ3n) is 3.55. The Balaban J connectivity index is 3.86. The van der Waals surface area contributed by atoms with Crippen LogP contribution in [0.3, 0.4) is 0 Å². The van der Waals surface area contributed by atoms with Crippen LogP contribution in [0.1, 0.15) is 46.5 Å². The summed E-state index contributed by atoms with van der Waals surface area (Å²) in [6, 6.07) is 0. The van der Waals surface area contributed by atoms with E-state index in [-0.39, 0.29) is 17.8 Å². The Morgan fingerprint density at radius 2 is 1.87 bits per heavy atom. The van der Waals surface area contributed by atoms with Gasteiger partial charge in [-0.05, 0) is 11.8 Å². The zero-order chi connectivity index (χ0) is 17.8. The lowest BCUT2D eigenvalue weighted by Gasteiger charge is -2.26. The molecule has 0 radical (unpaired) electrons. The maximum atomic E-state index is 11.0. The molecule has 0 amide bonds. The molecular formula is C16H35N3O3S. The number of rotatable bonds is 12. The molecule has 7 heteroatoms. The molecule has 0 heterocycles. The zero-order valence-corrected chi connectivity index (χ0v) is 16.3. The van der Waals surface area contributed by atoms with Gasteiger partial charge >= 0.3 is 0 Å². The van der Waals surface area contributed by atoms with Crippen LogP contribution in [0.4, 0.5) is 0 Å². The van der Waals surface area contributed by atoms with Crippen molar-refractivity contribution < 1.29 is 13.2 Å². The zero-order valence-electron chi connectivity index (χ0n) is 15.4. The second kappa shape index (κ2) is 11.7. The number of nitrogens with zero attached hydrogens (tertiary/aromatic N) is 1. The fraction of sp³-hybridized carbons (Fsp3) is 0.938. The Bertz CT molecular complexity index is 434. The maximum absolute atomic E-state index is 11.0. The van der Waals surface area contributed by atoms with Gasteiger partial charge in [-0.2, -0.15) is 0 Å². The molecule has 0 aliphatic rings. The molecule has 0 aliphatic heterocycles. The summed E-state index contributed by atoms with van der Waals surface area (Å²) in [4.78, 5) is 4.19. The van der Waals surface area contributed by atoms with Gasteiger partial charge in [0.1, 0.15) is 9.84 Å². The van der Waals surface area contributed by atoms with Gasteiger partial charge in [-0.1, -0.05) is 40.0 Å². The van der Waals surface area contributed by atoms with Crippen molar-refractivity contribution in [3.63, 3.8) is 0 Å². The lowest BCUT2D eigenvalue weighted by molar-refractivity contribution is 0.154. The van der Waals surface area contributed by atoms with Crippen LogP contribution in [0, 0.1) is 5.41 Å². The number of sulfone groups is 1. The van der Waals surface area contributed by atoms with E-state index in [0.717, 1.165) is 12.5 Å². The molecule has 0 aromatic heterocycles. The highest BCUT2D eigenvalue weighted by Crippen LogP contribution is 2.22. The van der Waals surface area contributed by atoms with Crippen molar-refractivity contribution in [2.75, 3.05) is 45.4 Å². The molecule has 2 N–H and O–H groups in total. The predicted molar refractivity (Wildman–Crippen MR) is 97.8 cm³/mol. The molecule has 0 unspecified atom stereocenters. The summed E-state index contributed by atoms with van der Waals surface area (Å²) < 4.78 is 27.2. The Morgan fingerprint density at radius 3 is 2.43 bits per heavy atom. The molecule has 138 valence electrons. The van der Waals surface area contributed by atoms with Crippen molar-refractivity contribution >= 4 is 15.8 Å². The molecule has 0 aromatic carbocycles. The number of hydrogen-bond acceptors (Lipinski definition) is 4. The predicted octanol–water partition coefficient (Wildman–Crippen LogP) is 1.82. The molecule has 0 rings (SSSR count). The van der Waals surface area contributed by atoms with Crippen LogP contribution in [-0.4, -0.2) is 59.7 Å². The van der Waals surface area contributed by atoms with Crippen molar-refractivity contribution in [1.82, 2.24) is 10.6 Å². The summed E-state index contributed by atoms with van der Waals surface area (Å²) in [7, 11) is -1.21. The second-order valence-corrected chi connectivity index (χ2v) is 8.98. The van der Waals surface area contributed by atoms with Crippen LogP contribution >= 0.6 is 0 Å². The van der Waals surface area contributed by atoms with E-state index in [9.17, 15) is 8.42 Å². The first kappa shape index (κ1) is 22.2. The summed E-state index contributed by atoms with van der Waals surface area (Å²) in [6.07, 6.45) is 6.18. The fourth-order valence-corrected chi connectivity index (χ4v) is 2.46. The smallest absolute Gasteiger partial charge is 0.191 e.